The lowest BCUT2D eigenvalue weighted by Gasteiger charge is -2.37. The highest BCUT2D eigenvalue weighted by Gasteiger charge is 2.34. The smallest absolute Gasteiger partial charge is 0.274 e. The Bertz CT molecular complexity index is 762. The van der Waals surface area contributed by atoms with Gasteiger partial charge in [0.1, 0.15) is 5.69 Å². The van der Waals surface area contributed by atoms with Gasteiger partial charge in [0.2, 0.25) is 0 Å². The van der Waals surface area contributed by atoms with Crippen molar-refractivity contribution in [1.29, 1.82) is 0 Å². The number of aryl methyl sites for hydroxylation is 2. The van der Waals surface area contributed by atoms with E-state index < -0.39 is 0 Å². The molecule has 1 saturated heterocycles. The van der Waals surface area contributed by atoms with Crippen LogP contribution in [0, 0.1) is 6.92 Å². The Kier molecular flexibility index (Phi) is 4.25. The second-order valence-electron chi connectivity index (χ2n) is 7.09. The van der Waals surface area contributed by atoms with Crippen LogP contribution in [0.1, 0.15) is 40.4 Å². The second kappa shape index (κ2) is 6.55. The molecule has 0 aliphatic carbocycles. The summed E-state index contributed by atoms with van der Waals surface area (Å²) in [6.45, 7) is 5.58. The number of carbonyl (C=O) groups is 1. The van der Waals surface area contributed by atoms with Crippen LogP contribution in [0.15, 0.2) is 18.7 Å². The summed E-state index contributed by atoms with van der Waals surface area (Å²) in [4.78, 5) is 30.5. The molecule has 4 heterocycles. The maximum absolute atomic E-state index is 13.1. The van der Waals surface area contributed by atoms with Gasteiger partial charge in [-0.3, -0.25) is 9.78 Å². The van der Waals surface area contributed by atoms with Crippen molar-refractivity contribution < 1.29 is 4.79 Å². The zero-order chi connectivity index (χ0) is 17.4. The lowest BCUT2D eigenvalue weighted by Crippen LogP contribution is -2.50. The summed E-state index contributed by atoms with van der Waals surface area (Å²) in [7, 11) is 2.03. The minimum atomic E-state index is -0.0481. The van der Waals surface area contributed by atoms with Crippen molar-refractivity contribution in [2.24, 2.45) is 7.05 Å². The summed E-state index contributed by atoms with van der Waals surface area (Å²) in [6, 6.07) is 0.150. The predicted octanol–water partition coefficient (Wildman–Crippen LogP) is 1.18. The first-order valence-corrected chi connectivity index (χ1v) is 8.93. The molecule has 0 N–H and O–H groups in total. The minimum absolute atomic E-state index is 0.0481. The first-order chi connectivity index (χ1) is 12.1. The number of hydrogen-bond acceptors (Lipinski definition) is 5. The van der Waals surface area contributed by atoms with E-state index in [9.17, 15) is 4.79 Å². The third-order valence-electron chi connectivity index (χ3n) is 5.26. The maximum atomic E-state index is 13.1. The summed E-state index contributed by atoms with van der Waals surface area (Å²) in [5.41, 5.74) is 3.46. The molecule has 1 atom stereocenters. The molecule has 2 aliphatic heterocycles. The molecule has 0 bridgehead atoms. The monoisotopic (exact) mass is 340 g/mol. The van der Waals surface area contributed by atoms with E-state index in [-0.39, 0.29) is 11.9 Å². The number of hydrogen-bond donors (Lipinski definition) is 0. The highest BCUT2D eigenvalue weighted by Crippen LogP contribution is 2.25. The molecule has 0 spiro atoms. The lowest BCUT2D eigenvalue weighted by atomic mass is 10.0. The van der Waals surface area contributed by atoms with Crippen molar-refractivity contribution in [2.75, 3.05) is 19.6 Å². The molecule has 1 fully saturated rings. The van der Waals surface area contributed by atoms with Gasteiger partial charge >= 0.3 is 0 Å². The fraction of sp³-hybridized carbons (Fsp3) is 0.556. The Morgan fingerprint density at radius 2 is 2.00 bits per heavy atom. The maximum Gasteiger partial charge on any atom is 0.274 e. The zero-order valence-corrected chi connectivity index (χ0v) is 14.9. The molecule has 2 aromatic heterocycles. The van der Waals surface area contributed by atoms with Crippen molar-refractivity contribution in [3.8, 4) is 0 Å². The number of rotatable bonds is 3. The SMILES string of the molecule is Cc1cnc(C(=O)N2Cc3ncn(C)c3CC2CN2CCCC2)cn1. The highest BCUT2D eigenvalue weighted by molar-refractivity contribution is 5.92. The largest absolute Gasteiger partial charge is 0.337 e. The standard InChI is InChI=1S/C18H24N6O/c1-13-8-20-15(9-19-13)18(25)24-11-16-17(22(2)12-21-16)7-14(24)10-23-5-3-4-6-23/h8-9,12,14H,3-7,10-11H2,1-2H3. The number of imidazole rings is 1. The number of likely N-dealkylation sites (tertiary alicyclic amines) is 1. The number of fused-ring (bicyclic) bond motifs is 1. The van der Waals surface area contributed by atoms with Crippen molar-refractivity contribution in [2.45, 2.75) is 38.8 Å². The predicted molar refractivity (Wildman–Crippen MR) is 93.0 cm³/mol. The third kappa shape index (κ3) is 3.16. The van der Waals surface area contributed by atoms with E-state index in [0.29, 0.717) is 12.2 Å². The van der Waals surface area contributed by atoms with Gasteiger partial charge in [-0.25, -0.2) is 9.97 Å². The molecule has 0 saturated carbocycles. The fourth-order valence-electron chi connectivity index (χ4n) is 3.84. The van der Waals surface area contributed by atoms with Crippen molar-refractivity contribution in [3.63, 3.8) is 0 Å². The van der Waals surface area contributed by atoms with E-state index in [1.54, 1.807) is 12.4 Å². The third-order valence-corrected chi connectivity index (χ3v) is 5.26. The molecule has 132 valence electrons. The first-order valence-electron chi connectivity index (χ1n) is 8.93. The fourth-order valence-corrected chi connectivity index (χ4v) is 3.84. The Labute approximate surface area is 147 Å². The number of carbonyl (C=O) groups excluding carboxylic acids is 1. The van der Waals surface area contributed by atoms with E-state index in [2.05, 4.69) is 24.4 Å². The van der Waals surface area contributed by atoms with E-state index in [1.807, 2.05) is 25.2 Å². The summed E-state index contributed by atoms with van der Waals surface area (Å²) >= 11 is 0. The summed E-state index contributed by atoms with van der Waals surface area (Å²) in [6.07, 6.45) is 8.42. The van der Waals surface area contributed by atoms with Gasteiger partial charge in [-0.05, 0) is 32.9 Å². The molecule has 1 unspecified atom stereocenters. The minimum Gasteiger partial charge on any atom is -0.337 e. The Morgan fingerprint density at radius 1 is 1.20 bits per heavy atom. The van der Waals surface area contributed by atoms with Crippen LogP contribution in [-0.4, -0.2) is 60.9 Å². The van der Waals surface area contributed by atoms with Crippen LogP contribution in [0.25, 0.3) is 0 Å². The van der Waals surface area contributed by atoms with Crippen LogP contribution in [0.4, 0.5) is 0 Å². The molecular weight excluding hydrogens is 316 g/mol. The van der Waals surface area contributed by atoms with Gasteiger partial charge in [-0.1, -0.05) is 0 Å². The van der Waals surface area contributed by atoms with Crippen LogP contribution >= 0.6 is 0 Å². The van der Waals surface area contributed by atoms with Gasteiger partial charge in [0.25, 0.3) is 5.91 Å². The van der Waals surface area contributed by atoms with Gasteiger partial charge in [-0.15, -0.1) is 0 Å². The molecule has 4 rings (SSSR count). The molecule has 0 aromatic carbocycles. The van der Waals surface area contributed by atoms with E-state index >= 15 is 0 Å². The molecule has 2 aliphatic rings. The average Bonchev–Trinajstić information content (AvgIpc) is 3.25. The van der Waals surface area contributed by atoms with Crippen LogP contribution in [0.2, 0.25) is 0 Å². The Balaban J connectivity index is 1.61. The van der Waals surface area contributed by atoms with Gasteiger partial charge in [-0.2, -0.15) is 0 Å². The Morgan fingerprint density at radius 3 is 2.72 bits per heavy atom. The van der Waals surface area contributed by atoms with Gasteiger partial charge < -0.3 is 14.4 Å². The van der Waals surface area contributed by atoms with Crippen LogP contribution < -0.4 is 0 Å². The second-order valence-corrected chi connectivity index (χ2v) is 7.09. The van der Waals surface area contributed by atoms with Crippen molar-refractivity contribution in [3.05, 3.63) is 41.5 Å². The number of nitrogens with zero attached hydrogens (tertiary/aromatic N) is 6. The first kappa shape index (κ1) is 16.2. The van der Waals surface area contributed by atoms with Gasteiger partial charge in [0.05, 0.1) is 36.5 Å². The van der Waals surface area contributed by atoms with E-state index in [4.69, 9.17) is 0 Å². The molecule has 7 heteroatoms. The Hall–Kier alpha value is -2.28. The topological polar surface area (TPSA) is 67.2 Å². The van der Waals surface area contributed by atoms with E-state index in [1.165, 1.54) is 18.5 Å². The summed E-state index contributed by atoms with van der Waals surface area (Å²) in [5.74, 6) is -0.0481. The zero-order valence-electron chi connectivity index (χ0n) is 14.9. The van der Waals surface area contributed by atoms with Crippen molar-refractivity contribution >= 4 is 5.91 Å². The normalized spacial score (nSPS) is 20.7. The van der Waals surface area contributed by atoms with Gasteiger partial charge in [0, 0.05) is 31.9 Å². The molecule has 2 aromatic rings. The van der Waals surface area contributed by atoms with Crippen LogP contribution in [0.3, 0.4) is 0 Å². The number of aromatic nitrogens is 4. The van der Waals surface area contributed by atoms with E-state index in [0.717, 1.165) is 37.4 Å². The molecule has 0 radical (unpaired) electrons. The molecular formula is C18H24N6O. The van der Waals surface area contributed by atoms with Crippen LogP contribution in [0.5, 0.6) is 0 Å². The number of amides is 1. The van der Waals surface area contributed by atoms with Gasteiger partial charge in [0.15, 0.2) is 0 Å². The summed E-state index contributed by atoms with van der Waals surface area (Å²) in [5, 5.41) is 0. The lowest BCUT2D eigenvalue weighted by molar-refractivity contribution is 0.0580. The molecule has 7 nitrogen and oxygen atoms in total. The van der Waals surface area contributed by atoms with Crippen LogP contribution in [-0.2, 0) is 20.0 Å². The summed E-state index contributed by atoms with van der Waals surface area (Å²) < 4.78 is 2.08. The highest BCUT2D eigenvalue weighted by atomic mass is 16.2. The molecule has 1 amide bonds. The molecule has 25 heavy (non-hydrogen) atoms. The average molecular weight is 340 g/mol. The van der Waals surface area contributed by atoms with Crippen molar-refractivity contribution in [1.82, 2.24) is 29.3 Å². The quantitative estimate of drug-likeness (QED) is 0.839.